The zero-order valence-electron chi connectivity index (χ0n) is 47.4. The molecule has 1 aliphatic carbocycles. The average molecular weight is 1220 g/mol. The summed E-state index contributed by atoms with van der Waals surface area (Å²) >= 11 is 6.66. The van der Waals surface area contributed by atoms with Crippen LogP contribution in [0.3, 0.4) is 0 Å². The number of rotatable bonds is 21. The van der Waals surface area contributed by atoms with Crippen molar-refractivity contribution in [1.29, 1.82) is 0 Å². The lowest BCUT2D eigenvalue weighted by Crippen LogP contribution is -2.54. The van der Waals surface area contributed by atoms with Crippen LogP contribution in [0.2, 0.25) is 0 Å². The highest BCUT2D eigenvalue weighted by atomic mass is 35.5. The fourth-order valence-corrected chi connectivity index (χ4v) is 8.54. The number of carbonyl (C=O) groups excluding carboxylic acids is 6. The molecule has 5 amide bonds. The Balaban J connectivity index is 0. The lowest BCUT2D eigenvalue weighted by molar-refractivity contribution is -0.143. The van der Waals surface area contributed by atoms with Gasteiger partial charge in [0, 0.05) is 51.9 Å². The van der Waals surface area contributed by atoms with E-state index in [-0.39, 0.29) is 66.4 Å². The molecule has 0 bridgehead atoms. The van der Waals surface area contributed by atoms with E-state index in [4.69, 9.17) is 38.3 Å². The number of amides is 5. The monoisotopic (exact) mass is 1210 g/mol. The van der Waals surface area contributed by atoms with E-state index in [2.05, 4.69) is 44.5 Å². The molecule has 8 N–H and O–H groups in total. The van der Waals surface area contributed by atoms with Crippen LogP contribution in [-0.4, -0.2) is 127 Å². The van der Waals surface area contributed by atoms with Crippen LogP contribution in [0.4, 0.5) is 19.2 Å². The third-order valence-corrected chi connectivity index (χ3v) is 13.4. The molecule has 0 aromatic heterocycles. The predicted molar refractivity (Wildman–Crippen MR) is 349 cm³/mol. The van der Waals surface area contributed by atoms with Crippen LogP contribution in [0, 0.1) is 0 Å². The number of halogens is 1. The number of ether oxygens (including phenoxy) is 3. The van der Waals surface area contributed by atoms with Crippen LogP contribution < -0.4 is 27.9 Å². The predicted octanol–water partition coefficient (Wildman–Crippen LogP) is 12.4. The number of nitrogens with zero attached hydrogens (tertiary/aromatic N) is 5. The Morgan fingerprint density at radius 3 is 1.48 bits per heavy atom. The van der Waals surface area contributed by atoms with Crippen molar-refractivity contribution in [1.82, 2.24) is 25.6 Å². The Hall–Kier alpha value is -7.94. The van der Waals surface area contributed by atoms with E-state index in [0.29, 0.717) is 50.7 Å². The fraction of sp³-hybridized carbons (Fsp3) is 0.406. The molecular weight excluding hydrogens is 1120 g/mol. The van der Waals surface area contributed by atoms with Gasteiger partial charge in [-0.15, -0.1) is 0 Å². The third-order valence-electron chi connectivity index (χ3n) is 11.9. The van der Waals surface area contributed by atoms with Gasteiger partial charge in [-0.05, 0) is 96.5 Å². The number of carbonyl (C=O) groups is 6. The Morgan fingerprint density at radius 1 is 0.624 bits per heavy atom. The van der Waals surface area contributed by atoms with Crippen molar-refractivity contribution in [2.75, 3.05) is 53.8 Å². The molecule has 468 valence electrons. The SMILES string of the molecule is C.C.C.C.CCCSC(=O)N(C)Cc1ccccc1.CN(Cc1ccccc1)C(=O)Cl.COC(=O)[C@@H](CCCN=C(C)N)NC(=O)N(Cc1ccccc1)NC(=O)OCC1c2ccccc2-c2ccccc21.COC(=O)[C@H](N)CCCN=C(C)N. The van der Waals surface area contributed by atoms with E-state index in [1.807, 2.05) is 134 Å². The highest BCUT2D eigenvalue weighted by Gasteiger charge is 2.30. The number of esters is 2. The quantitative estimate of drug-likeness (QED) is 0.00669. The molecule has 19 nitrogen and oxygen atoms in total. The minimum Gasteiger partial charge on any atom is -0.468 e. The number of nitrogens with two attached hydrogens (primary N) is 3. The zero-order valence-corrected chi connectivity index (χ0v) is 49.0. The standard InChI is InChI=1S/C31H35N5O5.C12H17NOS.C9H10ClNO.C8H17N3O2.4CH4/c1-21(32)33-18-10-17-28(29(37)40-2)34-30(38)36(19-22-11-4-3-5-12-22)35-31(39)41-20-27-25-15-8-6-13-23(25)24-14-7-9-16-26(24)27;1-3-9-15-12(14)13(2)10-11-7-5-4-6-8-11;1-11(9(10)12)7-8-5-3-2-4-6-8;1-6(9)11-5-3-4-7(10)8(12)13-2;;;;/h3-9,11-16,27-28H,10,17-20H2,1-2H3,(H2,32,33)(H,34,38)(H,35,39);4-8H,3,9-10H2,1-2H3;2-6H,7H2,1H3;7H,3-5,10H2,1-2H3,(H2,9,11);4*1H4/t28-;;;7-;;;;/m1..1..../s1. The Labute approximate surface area is 515 Å². The van der Waals surface area contributed by atoms with Crippen molar-refractivity contribution in [3.63, 3.8) is 0 Å². The number of benzene rings is 5. The Bertz CT molecular complexity index is 2730. The molecule has 21 heteroatoms. The normalized spacial score (nSPS) is 11.5. The highest BCUT2D eigenvalue weighted by Crippen LogP contribution is 2.44. The second-order valence-corrected chi connectivity index (χ2v) is 19.9. The second-order valence-electron chi connectivity index (χ2n) is 18.5. The zero-order chi connectivity index (χ0) is 59.5. The maximum Gasteiger partial charge on any atom is 0.426 e. The van der Waals surface area contributed by atoms with E-state index in [9.17, 15) is 28.8 Å². The van der Waals surface area contributed by atoms with Gasteiger partial charge in [0.2, 0.25) is 0 Å². The minimum atomic E-state index is -0.941. The molecule has 85 heavy (non-hydrogen) atoms. The molecule has 2 atom stereocenters. The van der Waals surface area contributed by atoms with Gasteiger partial charge in [0.1, 0.15) is 18.7 Å². The van der Waals surface area contributed by atoms with E-state index in [0.717, 1.165) is 57.0 Å². The van der Waals surface area contributed by atoms with Crippen molar-refractivity contribution in [3.05, 3.63) is 167 Å². The molecular formula is C64H95ClN10O9S. The number of hydrogen-bond acceptors (Lipinski definition) is 13. The van der Waals surface area contributed by atoms with Crippen molar-refractivity contribution in [3.8, 4) is 11.1 Å². The fourth-order valence-electron chi connectivity index (χ4n) is 7.81. The summed E-state index contributed by atoms with van der Waals surface area (Å²) in [7, 11) is 6.09. The van der Waals surface area contributed by atoms with Crippen molar-refractivity contribution in [2.45, 2.75) is 120 Å². The van der Waals surface area contributed by atoms with Crippen LogP contribution >= 0.6 is 23.4 Å². The van der Waals surface area contributed by atoms with E-state index in [1.54, 1.807) is 25.8 Å². The van der Waals surface area contributed by atoms with Gasteiger partial charge in [0.05, 0.1) is 32.4 Å². The molecule has 0 saturated heterocycles. The highest BCUT2D eigenvalue weighted by molar-refractivity contribution is 8.13. The molecule has 0 unspecified atom stereocenters. The maximum atomic E-state index is 13.3. The maximum absolute atomic E-state index is 13.3. The van der Waals surface area contributed by atoms with Gasteiger partial charge < -0.3 is 46.5 Å². The molecule has 0 spiro atoms. The number of hydrogen-bond donors (Lipinski definition) is 5. The van der Waals surface area contributed by atoms with Gasteiger partial charge in [0.15, 0.2) is 0 Å². The van der Waals surface area contributed by atoms with Gasteiger partial charge in [0.25, 0.3) is 5.24 Å². The van der Waals surface area contributed by atoms with E-state index in [1.165, 1.54) is 36.4 Å². The van der Waals surface area contributed by atoms with Gasteiger partial charge in [-0.1, -0.05) is 188 Å². The first-order valence-electron chi connectivity index (χ1n) is 26.4. The summed E-state index contributed by atoms with van der Waals surface area (Å²) < 4.78 is 15.0. The summed E-state index contributed by atoms with van der Waals surface area (Å²) in [5, 5.41) is 3.48. The van der Waals surface area contributed by atoms with Crippen molar-refractivity contribution in [2.24, 2.45) is 27.2 Å². The van der Waals surface area contributed by atoms with Crippen molar-refractivity contribution < 1.29 is 43.0 Å². The van der Waals surface area contributed by atoms with Crippen LogP contribution in [0.1, 0.15) is 116 Å². The summed E-state index contributed by atoms with van der Waals surface area (Å²) in [6.45, 7) is 7.87. The summed E-state index contributed by atoms with van der Waals surface area (Å²) in [5.41, 5.74) is 26.3. The largest absolute Gasteiger partial charge is 0.468 e. The van der Waals surface area contributed by atoms with Gasteiger partial charge >= 0.3 is 29.4 Å². The Kier molecular flexibility index (Phi) is 41.5. The molecule has 0 fully saturated rings. The molecule has 0 radical (unpaired) electrons. The number of nitrogens with one attached hydrogen (secondary N) is 2. The van der Waals surface area contributed by atoms with Gasteiger partial charge in [-0.25, -0.2) is 24.8 Å². The summed E-state index contributed by atoms with van der Waals surface area (Å²) in [6.07, 6.45) is 2.33. The van der Waals surface area contributed by atoms with Crippen LogP contribution in [0.5, 0.6) is 0 Å². The van der Waals surface area contributed by atoms with E-state index >= 15 is 0 Å². The summed E-state index contributed by atoms with van der Waals surface area (Å²) in [6, 6.07) is 42.8. The number of fused-ring (bicyclic) bond motifs is 3. The number of amidine groups is 2. The lowest BCUT2D eigenvalue weighted by atomic mass is 9.98. The summed E-state index contributed by atoms with van der Waals surface area (Å²) in [5.74, 6) is 0.767. The van der Waals surface area contributed by atoms with Crippen LogP contribution in [0.25, 0.3) is 11.1 Å². The second kappa shape index (κ2) is 44.6. The topological polar surface area (TPSA) is 267 Å². The third kappa shape index (κ3) is 30.4. The molecule has 0 heterocycles. The first kappa shape index (κ1) is 79.1. The minimum absolute atomic E-state index is 0. The Morgan fingerprint density at radius 2 is 1.05 bits per heavy atom. The molecule has 5 aromatic carbocycles. The van der Waals surface area contributed by atoms with Crippen LogP contribution in [-0.2, 0) is 43.4 Å². The lowest BCUT2D eigenvalue weighted by Gasteiger charge is -2.26. The molecule has 0 saturated carbocycles. The van der Waals surface area contributed by atoms with Crippen molar-refractivity contribution >= 4 is 69.7 Å². The van der Waals surface area contributed by atoms with Crippen LogP contribution in [0.15, 0.2) is 150 Å². The number of methoxy groups -OCH3 is 2. The molecule has 0 aliphatic heterocycles. The van der Waals surface area contributed by atoms with Gasteiger partial charge in [-0.2, -0.15) is 0 Å². The molecule has 1 aliphatic rings. The van der Waals surface area contributed by atoms with E-state index < -0.39 is 35.5 Å². The summed E-state index contributed by atoms with van der Waals surface area (Å²) in [4.78, 5) is 83.1. The van der Waals surface area contributed by atoms with Gasteiger partial charge in [-0.3, -0.25) is 24.4 Å². The molecule has 5 aromatic rings. The number of hydrazine groups is 1. The number of urea groups is 1. The first-order valence-corrected chi connectivity index (χ1v) is 27.8. The number of aliphatic imine (C=N–C) groups is 2. The smallest absolute Gasteiger partial charge is 0.426 e. The first-order chi connectivity index (χ1) is 38.9. The average Bonchev–Trinajstić information content (AvgIpc) is 3.97. The number of thioether (sulfide) groups is 1. The molecule has 6 rings (SSSR count).